The van der Waals surface area contributed by atoms with Gasteiger partial charge in [-0.15, -0.1) is 0 Å². The quantitative estimate of drug-likeness (QED) is 0.693. The summed E-state index contributed by atoms with van der Waals surface area (Å²) in [6, 6.07) is 1.67. The van der Waals surface area contributed by atoms with Crippen LogP contribution in [0.15, 0.2) is 22.5 Å². The maximum atomic E-state index is 14.7. The second kappa shape index (κ2) is 5.65. The molecule has 1 aliphatic heterocycles. The summed E-state index contributed by atoms with van der Waals surface area (Å²) in [6.07, 6.45) is 1.57. The molecule has 3 nitrogen and oxygen atoms in total. The van der Waals surface area contributed by atoms with Crippen LogP contribution in [0.2, 0.25) is 5.02 Å². The molecular weight excluding hydrogens is 359 g/mol. The van der Waals surface area contributed by atoms with Crippen molar-refractivity contribution in [2.75, 3.05) is 0 Å². The van der Waals surface area contributed by atoms with Crippen LogP contribution in [0, 0.1) is 0 Å². The van der Waals surface area contributed by atoms with Gasteiger partial charge in [0.05, 0.1) is 21.9 Å². The summed E-state index contributed by atoms with van der Waals surface area (Å²) < 4.78 is 26.8. The van der Waals surface area contributed by atoms with Crippen LogP contribution in [0.4, 0.5) is 4.39 Å². The van der Waals surface area contributed by atoms with Gasteiger partial charge in [-0.05, 0) is 56.6 Å². The Kier molecular flexibility index (Phi) is 4.56. The Bertz CT molecular complexity index is 591. The first kappa shape index (κ1) is 16.9. The molecule has 0 saturated carbocycles. The third-order valence-electron chi connectivity index (χ3n) is 3.98. The summed E-state index contributed by atoms with van der Waals surface area (Å²) in [6.45, 7) is 9.12. The fourth-order valence-electron chi connectivity index (χ4n) is 1.93. The van der Waals surface area contributed by atoms with E-state index in [1.807, 2.05) is 27.7 Å². The Morgan fingerprint density at radius 3 is 2.29 bits per heavy atom. The predicted molar refractivity (Wildman–Crippen MR) is 86.7 cm³/mol. The molecule has 1 saturated heterocycles. The van der Waals surface area contributed by atoms with Crippen LogP contribution in [0.5, 0.6) is 0 Å². The lowest BCUT2D eigenvalue weighted by Gasteiger charge is -2.32. The number of hydrogen-bond donors (Lipinski definition) is 0. The topological polar surface area (TPSA) is 31.4 Å². The van der Waals surface area contributed by atoms with E-state index in [0.29, 0.717) is 16.3 Å². The molecule has 1 aromatic heterocycles. The average Bonchev–Trinajstić information content (AvgIpc) is 2.57. The van der Waals surface area contributed by atoms with E-state index in [1.165, 1.54) is 0 Å². The molecule has 1 aromatic rings. The molecule has 0 N–H and O–H groups in total. The van der Waals surface area contributed by atoms with Gasteiger partial charge in [0.1, 0.15) is 5.73 Å². The highest BCUT2D eigenvalue weighted by atomic mass is 79.9. The molecule has 0 bridgehead atoms. The molecule has 1 fully saturated rings. The standard InChI is InChI=1S/C14H17BBrClFNO2/c1-8(11-10(17)6-9(16)7-19-11)12(18)15-20-13(2,3)14(4,5)21-15/h6-7H,1-5H3. The summed E-state index contributed by atoms with van der Waals surface area (Å²) >= 11 is 9.38. The maximum Gasteiger partial charge on any atom is 0.525 e. The fraction of sp³-hybridized carbons (Fsp3) is 0.500. The van der Waals surface area contributed by atoms with Gasteiger partial charge < -0.3 is 9.31 Å². The zero-order chi connectivity index (χ0) is 16.0. The van der Waals surface area contributed by atoms with E-state index in [0.717, 1.165) is 4.47 Å². The smallest absolute Gasteiger partial charge is 0.398 e. The second-order valence-electron chi connectivity index (χ2n) is 6.05. The molecule has 0 aromatic carbocycles. The summed E-state index contributed by atoms with van der Waals surface area (Å²) in [7, 11) is -1.04. The molecule has 0 atom stereocenters. The molecule has 2 heterocycles. The van der Waals surface area contributed by atoms with E-state index < -0.39 is 24.0 Å². The Balaban J connectivity index is 2.36. The monoisotopic (exact) mass is 375 g/mol. The summed E-state index contributed by atoms with van der Waals surface area (Å²) in [5, 5.41) is 0.369. The van der Waals surface area contributed by atoms with E-state index in [2.05, 4.69) is 20.9 Å². The lowest BCUT2D eigenvalue weighted by molar-refractivity contribution is 0.00578. The molecule has 0 unspecified atom stereocenters. The highest BCUT2D eigenvalue weighted by molar-refractivity contribution is 9.10. The van der Waals surface area contributed by atoms with E-state index in [-0.39, 0.29) is 0 Å². The third kappa shape index (κ3) is 3.18. The second-order valence-corrected chi connectivity index (χ2v) is 7.37. The molecular formula is C14H17BBrClFNO2. The van der Waals surface area contributed by atoms with E-state index in [1.54, 1.807) is 19.2 Å². The minimum absolute atomic E-state index is 0.311. The van der Waals surface area contributed by atoms with Crippen LogP contribution in [0.25, 0.3) is 5.57 Å². The van der Waals surface area contributed by atoms with Crippen molar-refractivity contribution in [2.24, 2.45) is 0 Å². The zero-order valence-corrected chi connectivity index (χ0v) is 15.0. The van der Waals surface area contributed by atoms with Crippen molar-refractivity contribution in [2.45, 2.75) is 45.8 Å². The highest BCUT2D eigenvalue weighted by Gasteiger charge is 2.53. The summed E-state index contributed by atoms with van der Waals surface area (Å²) in [4.78, 5) is 4.16. The number of aromatic nitrogens is 1. The van der Waals surface area contributed by atoms with E-state index in [9.17, 15) is 4.39 Å². The highest BCUT2D eigenvalue weighted by Crippen LogP contribution is 2.40. The minimum atomic E-state index is -1.04. The van der Waals surface area contributed by atoms with Gasteiger partial charge in [-0.1, -0.05) is 11.6 Å². The van der Waals surface area contributed by atoms with Gasteiger partial charge in [-0.3, -0.25) is 4.98 Å². The molecule has 21 heavy (non-hydrogen) atoms. The van der Waals surface area contributed by atoms with Crippen LogP contribution >= 0.6 is 27.5 Å². The Labute approximate surface area is 138 Å². The summed E-state index contributed by atoms with van der Waals surface area (Å²) in [5.41, 5.74) is -0.998. The zero-order valence-electron chi connectivity index (χ0n) is 12.6. The van der Waals surface area contributed by atoms with Crippen molar-refractivity contribution in [3.05, 3.63) is 33.2 Å². The molecule has 0 radical (unpaired) electrons. The number of nitrogens with zero attached hydrogens (tertiary/aromatic N) is 1. The van der Waals surface area contributed by atoms with Crippen LogP contribution in [0.1, 0.15) is 40.3 Å². The number of rotatable bonds is 2. The van der Waals surface area contributed by atoms with Gasteiger partial charge in [-0.25, -0.2) is 4.39 Å². The van der Waals surface area contributed by atoms with Gasteiger partial charge in [0, 0.05) is 16.2 Å². The van der Waals surface area contributed by atoms with Crippen LogP contribution < -0.4 is 0 Å². The Hall–Kier alpha value is -0.425. The third-order valence-corrected chi connectivity index (χ3v) is 4.70. The first-order valence-corrected chi connectivity index (χ1v) is 7.75. The SMILES string of the molecule is CC(=C(F)B1OC(C)(C)C(C)(C)O1)c1ncc(Br)cc1Cl. The maximum absolute atomic E-state index is 14.7. The van der Waals surface area contributed by atoms with Crippen molar-refractivity contribution in [1.29, 1.82) is 0 Å². The normalized spacial score (nSPS) is 21.4. The predicted octanol–water partition coefficient (Wildman–Crippen LogP) is 4.83. The van der Waals surface area contributed by atoms with Crippen molar-refractivity contribution < 1.29 is 13.7 Å². The Morgan fingerprint density at radius 2 is 1.81 bits per heavy atom. The molecule has 2 rings (SSSR count). The Morgan fingerprint density at radius 1 is 1.29 bits per heavy atom. The van der Waals surface area contributed by atoms with E-state index in [4.69, 9.17) is 20.9 Å². The molecule has 0 aliphatic carbocycles. The number of pyridine rings is 1. The minimum Gasteiger partial charge on any atom is -0.398 e. The van der Waals surface area contributed by atoms with Crippen molar-refractivity contribution in [3.63, 3.8) is 0 Å². The lowest BCUT2D eigenvalue weighted by atomic mass is 9.84. The molecule has 0 spiro atoms. The summed E-state index contributed by atoms with van der Waals surface area (Å²) in [5.74, 6) is 0. The molecule has 114 valence electrons. The number of hydrogen-bond acceptors (Lipinski definition) is 3. The first-order chi connectivity index (χ1) is 9.55. The van der Waals surface area contributed by atoms with Gasteiger partial charge in [0.2, 0.25) is 0 Å². The van der Waals surface area contributed by atoms with Gasteiger partial charge in [-0.2, -0.15) is 0 Å². The van der Waals surface area contributed by atoms with Gasteiger partial charge >= 0.3 is 7.12 Å². The van der Waals surface area contributed by atoms with Crippen molar-refractivity contribution >= 4 is 40.2 Å². The molecule has 1 aliphatic rings. The van der Waals surface area contributed by atoms with Gasteiger partial charge in [0.25, 0.3) is 0 Å². The van der Waals surface area contributed by atoms with Crippen molar-refractivity contribution in [1.82, 2.24) is 4.98 Å². The number of allylic oxidation sites excluding steroid dienone is 1. The van der Waals surface area contributed by atoms with Crippen LogP contribution in [-0.4, -0.2) is 23.3 Å². The average molecular weight is 376 g/mol. The van der Waals surface area contributed by atoms with Crippen molar-refractivity contribution in [3.8, 4) is 0 Å². The first-order valence-electron chi connectivity index (χ1n) is 6.58. The fourth-order valence-corrected chi connectivity index (χ4v) is 2.70. The van der Waals surface area contributed by atoms with Gasteiger partial charge in [0.15, 0.2) is 0 Å². The van der Waals surface area contributed by atoms with E-state index >= 15 is 0 Å². The molecule has 0 amide bonds. The lowest BCUT2D eigenvalue weighted by Crippen LogP contribution is -2.41. The van der Waals surface area contributed by atoms with Crippen LogP contribution in [0.3, 0.4) is 0 Å². The molecule has 7 heteroatoms. The van der Waals surface area contributed by atoms with Crippen LogP contribution in [-0.2, 0) is 9.31 Å². The largest absolute Gasteiger partial charge is 0.525 e. The number of halogens is 3.